The lowest BCUT2D eigenvalue weighted by Crippen LogP contribution is -2.48. The highest BCUT2D eigenvalue weighted by Crippen LogP contribution is 2.25. The Labute approximate surface area is 113 Å². The quantitative estimate of drug-likeness (QED) is 0.899. The Bertz CT molecular complexity index is 574. The average Bonchev–Trinajstić information content (AvgIpc) is 2.32. The highest BCUT2D eigenvalue weighted by atomic mass is 32.2. The van der Waals surface area contributed by atoms with E-state index in [9.17, 15) is 12.8 Å². The molecule has 4 nitrogen and oxygen atoms in total. The van der Waals surface area contributed by atoms with Gasteiger partial charge in [-0.1, -0.05) is 6.07 Å². The Balaban J connectivity index is 2.34. The number of piperidine rings is 1. The van der Waals surface area contributed by atoms with Crippen molar-refractivity contribution in [2.24, 2.45) is 5.73 Å². The molecule has 0 saturated carbocycles. The van der Waals surface area contributed by atoms with Crippen molar-refractivity contribution in [1.29, 1.82) is 0 Å². The van der Waals surface area contributed by atoms with Crippen LogP contribution in [0.4, 0.5) is 4.39 Å². The molecule has 1 aromatic carbocycles. The molecular weight excluding hydrogens is 267 g/mol. The Morgan fingerprint density at radius 2 is 2.11 bits per heavy atom. The Kier molecular flexibility index (Phi) is 3.94. The van der Waals surface area contributed by atoms with Crippen molar-refractivity contribution < 1.29 is 12.8 Å². The highest BCUT2D eigenvalue weighted by molar-refractivity contribution is 7.89. The van der Waals surface area contributed by atoms with Gasteiger partial charge in [0.05, 0.1) is 4.90 Å². The van der Waals surface area contributed by atoms with E-state index in [-0.39, 0.29) is 17.0 Å². The maximum absolute atomic E-state index is 13.5. The molecule has 1 fully saturated rings. The summed E-state index contributed by atoms with van der Waals surface area (Å²) in [6, 6.07) is 3.91. The largest absolute Gasteiger partial charge is 0.328 e. The molecule has 6 heteroatoms. The van der Waals surface area contributed by atoms with Crippen LogP contribution in [-0.2, 0) is 10.0 Å². The smallest absolute Gasteiger partial charge is 0.243 e. The summed E-state index contributed by atoms with van der Waals surface area (Å²) in [6.45, 7) is 3.83. The van der Waals surface area contributed by atoms with Gasteiger partial charge in [0.15, 0.2) is 0 Å². The molecule has 0 aromatic heterocycles. The molecule has 1 saturated heterocycles. The summed E-state index contributed by atoms with van der Waals surface area (Å²) in [4.78, 5) is 0.0120. The summed E-state index contributed by atoms with van der Waals surface area (Å²) >= 11 is 0. The molecule has 106 valence electrons. The Hall–Kier alpha value is -0.980. The predicted molar refractivity (Wildman–Crippen MR) is 71.7 cm³/mol. The highest BCUT2D eigenvalue weighted by Gasteiger charge is 2.33. The molecular formula is C13H19FN2O2S. The molecule has 0 amide bonds. The molecule has 1 aromatic rings. The van der Waals surface area contributed by atoms with E-state index in [0.717, 1.165) is 6.07 Å². The lowest BCUT2D eigenvalue weighted by Gasteiger charge is -2.35. The van der Waals surface area contributed by atoms with Crippen LogP contribution >= 0.6 is 0 Å². The van der Waals surface area contributed by atoms with Gasteiger partial charge < -0.3 is 5.73 Å². The summed E-state index contributed by atoms with van der Waals surface area (Å²) in [7, 11) is -3.64. The van der Waals surface area contributed by atoms with E-state index in [2.05, 4.69) is 0 Å². The van der Waals surface area contributed by atoms with Gasteiger partial charge >= 0.3 is 0 Å². The van der Waals surface area contributed by atoms with Gasteiger partial charge in [0, 0.05) is 18.6 Å². The molecule has 0 unspecified atom stereocenters. The average molecular weight is 286 g/mol. The number of halogens is 1. The standard InChI is InChI=1S/C13H19FN2O2S/c1-9-3-4-12(8-13(9)14)19(17,18)16-6-5-11(15)7-10(16)2/h3-4,8,10-11H,5-7,15H2,1-2H3/t10-,11-/m1/s1. The maximum atomic E-state index is 13.5. The summed E-state index contributed by atoms with van der Waals surface area (Å²) in [6.07, 6.45) is 1.27. The van der Waals surface area contributed by atoms with Gasteiger partial charge in [-0.15, -0.1) is 0 Å². The fourth-order valence-corrected chi connectivity index (χ4v) is 4.08. The molecule has 2 atom stereocenters. The van der Waals surface area contributed by atoms with Crippen LogP contribution in [0.2, 0.25) is 0 Å². The van der Waals surface area contributed by atoms with E-state index in [1.54, 1.807) is 6.92 Å². The SMILES string of the molecule is Cc1ccc(S(=O)(=O)N2CC[C@@H](N)C[C@H]2C)cc1F. The molecule has 1 aliphatic heterocycles. The summed E-state index contributed by atoms with van der Waals surface area (Å²) < 4.78 is 39.9. The minimum atomic E-state index is -3.64. The molecule has 1 heterocycles. The lowest BCUT2D eigenvalue weighted by atomic mass is 10.0. The lowest BCUT2D eigenvalue weighted by molar-refractivity contribution is 0.247. The van der Waals surface area contributed by atoms with Gasteiger partial charge in [-0.3, -0.25) is 0 Å². The number of nitrogens with zero attached hydrogens (tertiary/aromatic N) is 1. The fourth-order valence-electron chi connectivity index (χ4n) is 2.41. The Morgan fingerprint density at radius 1 is 1.42 bits per heavy atom. The van der Waals surface area contributed by atoms with Crippen LogP contribution in [-0.4, -0.2) is 31.4 Å². The van der Waals surface area contributed by atoms with E-state index in [1.807, 2.05) is 6.92 Å². The van der Waals surface area contributed by atoms with Crippen molar-refractivity contribution >= 4 is 10.0 Å². The fraction of sp³-hybridized carbons (Fsp3) is 0.538. The van der Waals surface area contributed by atoms with Crippen molar-refractivity contribution in [2.45, 2.75) is 43.7 Å². The minimum absolute atomic E-state index is 0.0120. The number of sulfonamides is 1. The van der Waals surface area contributed by atoms with Crippen molar-refractivity contribution in [3.05, 3.63) is 29.6 Å². The van der Waals surface area contributed by atoms with Crippen molar-refractivity contribution in [1.82, 2.24) is 4.31 Å². The number of rotatable bonds is 2. The zero-order chi connectivity index (χ0) is 14.2. The zero-order valence-electron chi connectivity index (χ0n) is 11.1. The van der Waals surface area contributed by atoms with E-state index in [1.165, 1.54) is 16.4 Å². The monoisotopic (exact) mass is 286 g/mol. The maximum Gasteiger partial charge on any atom is 0.243 e. The van der Waals surface area contributed by atoms with Crippen molar-refractivity contribution in [3.63, 3.8) is 0 Å². The van der Waals surface area contributed by atoms with Crippen LogP contribution in [0.3, 0.4) is 0 Å². The van der Waals surface area contributed by atoms with Crippen molar-refractivity contribution in [2.75, 3.05) is 6.54 Å². The first-order valence-electron chi connectivity index (χ1n) is 6.36. The van der Waals surface area contributed by atoms with Crippen LogP contribution in [0.15, 0.2) is 23.1 Å². The first-order valence-corrected chi connectivity index (χ1v) is 7.80. The van der Waals surface area contributed by atoms with Crippen LogP contribution in [0, 0.1) is 12.7 Å². The number of benzene rings is 1. The van der Waals surface area contributed by atoms with Crippen LogP contribution in [0.5, 0.6) is 0 Å². The second-order valence-electron chi connectivity index (χ2n) is 5.16. The third-order valence-corrected chi connectivity index (χ3v) is 5.62. The van der Waals surface area contributed by atoms with E-state index in [4.69, 9.17) is 5.73 Å². The molecule has 2 rings (SSSR count). The molecule has 1 aliphatic rings. The third kappa shape index (κ3) is 2.80. The number of hydrogen-bond donors (Lipinski definition) is 1. The zero-order valence-corrected chi connectivity index (χ0v) is 12.0. The van der Waals surface area contributed by atoms with Gasteiger partial charge in [-0.25, -0.2) is 12.8 Å². The number of hydrogen-bond acceptors (Lipinski definition) is 3. The molecule has 2 N–H and O–H groups in total. The van der Waals surface area contributed by atoms with E-state index < -0.39 is 15.8 Å². The van der Waals surface area contributed by atoms with Gasteiger partial charge in [-0.05, 0) is 44.4 Å². The minimum Gasteiger partial charge on any atom is -0.328 e. The molecule has 0 radical (unpaired) electrons. The first kappa shape index (κ1) is 14.4. The molecule has 19 heavy (non-hydrogen) atoms. The van der Waals surface area contributed by atoms with Gasteiger partial charge in [0.1, 0.15) is 5.82 Å². The van der Waals surface area contributed by atoms with Crippen LogP contribution < -0.4 is 5.73 Å². The molecule has 0 spiro atoms. The summed E-state index contributed by atoms with van der Waals surface area (Å²) in [5.74, 6) is -0.498. The van der Waals surface area contributed by atoms with Crippen LogP contribution in [0.1, 0.15) is 25.3 Å². The predicted octanol–water partition coefficient (Wildman–Crippen LogP) is 1.63. The first-order chi connectivity index (χ1) is 8.82. The van der Waals surface area contributed by atoms with Crippen molar-refractivity contribution in [3.8, 4) is 0 Å². The normalized spacial score (nSPS) is 25.5. The number of nitrogens with two attached hydrogens (primary N) is 1. The topological polar surface area (TPSA) is 63.4 Å². The van der Waals surface area contributed by atoms with E-state index in [0.29, 0.717) is 24.9 Å². The van der Waals surface area contributed by atoms with Gasteiger partial charge in [0.2, 0.25) is 10.0 Å². The summed E-state index contributed by atoms with van der Waals surface area (Å²) in [5.41, 5.74) is 6.27. The van der Waals surface area contributed by atoms with Gasteiger partial charge in [-0.2, -0.15) is 4.31 Å². The molecule has 0 bridgehead atoms. The summed E-state index contributed by atoms with van der Waals surface area (Å²) in [5, 5.41) is 0. The van der Waals surface area contributed by atoms with Crippen LogP contribution in [0.25, 0.3) is 0 Å². The van der Waals surface area contributed by atoms with E-state index >= 15 is 0 Å². The molecule has 0 aliphatic carbocycles. The second kappa shape index (κ2) is 5.19. The second-order valence-corrected chi connectivity index (χ2v) is 7.05. The third-order valence-electron chi connectivity index (χ3n) is 3.61. The van der Waals surface area contributed by atoms with Gasteiger partial charge in [0.25, 0.3) is 0 Å². The number of aryl methyl sites for hydroxylation is 1. The Morgan fingerprint density at radius 3 is 2.68 bits per heavy atom.